The molecule has 0 unspecified atom stereocenters. The summed E-state index contributed by atoms with van der Waals surface area (Å²) in [7, 11) is 0. The lowest BCUT2D eigenvalue weighted by molar-refractivity contribution is -0.124. The zero-order chi connectivity index (χ0) is 20.6. The van der Waals surface area contributed by atoms with Crippen LogP contribution in [-0.4, -0.2) is 34.1 Å². The number of aromatic nitrogens is 1. The number of benzene rings is 2. The average Bonchev–Trinajstić information content (AvgIpc) is 3.36. The van der Waals surface area contributed by atoms with Crippen LogP contribution in [-0.2, 0) is 11.3 Å². The van der Waals surface area contributed by atoms with E-state index in [9.17, 15) is 4.79 Å². The third-order valence-electron chi connectivity index (χ3n) is 5.34. The molecule has 1 aliphatic heterocycles. The van der Waals surface area contributed by atoms with Gasteiger partial charge in [-0.05, 0) is 68.6 Å². The predicted octanol–water partition coefficient (Wildman–Crippen LogP) is 4.59. The van der Waals surface area contributed by atoms with Crippen LogP contribution in [0.25, 0.3) is 17.0 Å². The van der Waals surface area contributed by atoms with Crippen molar-refractivity contribution in [3.8, 4) is 0 Å². The van der Waals surface area contributed by atoms with Gasteiger partial charge in [0.2, 0.25) is 0 Å². The molecule has 1 aliphatic rings. The van der Waals surface area contributed by atoms with Gasteiger partial charge >= 0.3 is 0 Å². The number of nitrogens with zero attached hydrogens (tertiary/aromatic N) is 1. The number of rotatable bonds is 4. The Hall–Kier alpha value is -2.89. The highest BCUT2D eigenvalue weighted by Crippen LogP contribution is 2.19. The molecule has 3 N–H and O–H groups in total. The first-order valence-electron chi connectivity index (χ1n) is 10.0. The summed E-state index contributed by atoms with van der Waals surface area (Å²) in [5, 5.41) is 9.70. The van der Waals surface area contributed by atoms with E-state index in [4.69, 9.17) is 5.21 Å². The Kier molecular flexibility index (Phi) is 7.22. The number of carbonyl (C=O) groups is 1. The van der Waals surface area contributed by atoms with Gasteiger partial charge in [0.1, 0.15) is 0 Å². The molecule has 0 spiro atoms. The lowest BCUT2D eigenvalue weighted by atomic mass is 10.1. The third-order valence-corrected chi connectivity index (χ3v) is 5.34. The van der Waals surface area contributed by atoms with E-state index in [1.165, 1.54) is 59.7 Å². The molecule has 1 fully saturated rings. The first-order valence-corrected chi connectivity index (χ1v) is 10.0. The summed E-state index contributed by atoms with van der Waals surface area (Å²) in [5.41, 5.74) is 7.67. The van der Waals surface area contributed by atoms with Crippen molar-refractivity contribution in [3.63, 3.8) is 0 Å². The van der Waals surface area contributed by atoms with Crippen molar-refractivity contribution < 1.29 is 10.0 Å². The number of hydroxylamine groups is 1. The lowest BCUT2D eigenvalue weighted by Crippen LogP contribution is -2.18. The number of hydrogen-bond acceptors (Lipinski definition) is 3. The predicted molar refractivity (Wildman–Crippen MR) is 118 cm³/mol. The van der Waals surface area contributed by atoms with E-state index >= 15 is 0 Å². The van der Waals surface area contributed by atoms with Crippen molar-refractivity contribution in [3.05, 3.63) is 77.0 Å². The second-order valence-electron chi connectivity index (χ2n) is 7.45. The summed E-state index contributed by atoms with van der Waals surface area (Å²) in [4.78, 5) is 16.6. The highest BCUT2D eigenvalue weighted by atomic mass is 16.5. The van der Waals surface area contributed by atoms with Crippen LogP contribution in [0.15, 0.2) is 54.6 Å². The molecule has 5 heteroatoms. The van der Waals surface area contributed by atoms with E-state index in [1.807, 2.05) is 12.1 Å². The smallest absolute Gasteiger partial charge is 0.267 e. The molecule has 2 aromatic carbocycles. The molecule has 1 amide bonds. The molecule has 1 aromatic heterocycles. The van der Waals surface area contributed by atoms with Crippen LogP contribution in [0.5, 0.6) is 0 Å². The number of aryl methyl sites for hydroxylation is 2. The minimum atomic E-state index is -0.517. The van der Waals surface area contributed by atoms with Crippen molar-refractivity contribution in [1.82, 2.24) is 15.4 Å². The zero-order valence-corrected chi connectivity index (χ0v) is 17.1. The van der Waals surface area contributed by atoms with Crippen LogP contribution < -0.4 is 5.48 Å². The molecular formula is C24H29N3O2. The molecule has 152 valence electrons. The van der Waals surface area contributed by atoms with Gasteiger partial charge in [0, 0.05) is 29.2 Å². The molecule has 0 saturated carbocycles. The average molecular weight is 392 g/mol. The first kappa shape index (κ1) is 20.8. The van der Waals surface area contributed by atoms with Crippen LogP contribution in [0.4, 0.5) is 0 Å². The molecule has 0 atom stereocenters. The monoisotopic (exact) mass is 391 g/mol. The quantitative estimate of drug-likeness (QED) is 0.346. The molecule has 2 heterocycles. The fourth-order valence-corrected chi connectivity index (χ4v) is 3.56. The van der Waals surface area contributed by atoms with Crippen molar-refractivity contribution in [1.29, 1.82) is 0 Å². The second-order valence-corrected chi connectivity index (χ2v) is 7.45. The minimum absolute atomic E-state index is 0.517. The van der Waals surface area contributed by atoms with E-state index < -0.39 is 5.91 Å². The molecule has 0 radical (unpaired) electrons. The normalized spacial score (nSPS) is 14.2. The fourth-order valence-electron chi connectivity index (χ4n) is 3.56. The Morgan fingerprint density at radius 3 is 2.45 bits per heavy atom. The fraction of sp³-hybridized carbons (Fsp3) is 0.292. The summed E-state index contributed by atoms with van der Waals surface area (Å²) in [6, 6.07) is 16.5. The lowest BCUT2D eigenvalue weighted by Gasteiger charge is -2.14. The van der Waals surface area contributed by atoms with Crippen LogP contribution in [0.3, 0.4) is 0 Å². The zero-order valence-electron chi connectivity index (χ0n) is 17.1. The summed E-state index contributed by atoms with van der Waals surface area (Å²) >= 11 is 0. The number of hydrogen-bond donors (Lipinski definition) is 3. The van der Waals surface area contributed by atoms with Crippen LogP contribution in [0.1, 0.15) is 35.2 Å². The van der Waals surface area contributed by atoms with Crippen molar-refractivity contribution in [2.75, 3.05) is 13.1 Å². The molecule has 4 rings (SSSR count). The maximum Gasteiger partial charge on any atom is 0.267 e. The molecule has 1 saturated heterocycles. The summed E-state index contributed by atoms with van der Waals surface area (Å²) in [6.07, 6.45) is 5.58. The number of aromatic amines is 1. The van der Waals surface area contributed by atoms with Gasteiger partial charge in [-0.25, -0.2) is 5.48 Å². The van der Waals surface area contributed by atoms with Gasteiger partial charge in [-0.15, -0.1) is 0 Å². The second kappa shape index (κ2) is 10.0. The van der Waals surface area contributed by atoms with Crippen LogP contribution in [0, 0.1) is 13.8 Å². The minimum Gasteiger partial charge on any atom is -0.358 e. The topological polar surface area (TPSA) is 68.4 Å². The summed E-state index contributed by atoms with van der Waals surface area (Å²) in [6.45, 7) is 7.64. The SMILES string of the molecule is Cc1[nH]c2ccccc2c1C.O=C(/C=C/c1ccc(CN2CCCC2)cc1)NO. The maximum absolute atomic E-state index is 10.8. The Labute approximate surface area is 172 Å². The largest absolute Gasteiger partial charge is 0.358 e. The Morgan fingerprint density at radius 1 is 1.10 bits per heavy atom. The summed E-state index contributed by atoms with van der Waals surface area (Å²) < 4.78 is 0. The summed E-state index contributed by atoms with van der Waals surface area (Å²) in [5.74, 6) is -0.517. The third kappa shape index (κ3) is 5.79. The van der Waals surface area contributed by atoms with Gasteiger partial charge in [-0.1, -0.05) is 42.5 Å². The van der Waals surface area contributed by atoms with Crippen LogP contribution >= 0.6 is 0 Å². The van der Waals surface area contributed by atoms with Gasteiger partial charge in [0.25, 0.3) is 5.91 Å². The van der Waals surface area contributed by atoms with E-state index in [-0.39, 0.29) is 0 Å². The number of para-hydroxylation sites is 1. The number of likely N-dealkylation sites (tertiary alicyclic amines) is 1. The Morgan fingerprint density at radius 2 is 1.79 bits per heavy atom. The number of H-pyrrole nitrogens is 1. The highest BCUT2D eigenvalue weighted by molar-refractivity contribution is 5.90. The maximum atomic E-state index is 10.8. The number of nitrogens with one attached hydrogen (secondary N) is 2. The van der Waals surface area contributed by atoms with E-state index in [0.29, 0.717) is 0 Å². The molecule has 0 aliphatic carbocycles. The molecule has 0 bridgehead atoms. The van der Waals surface area contributed by atoms with E-state index in [2.05, 4.69) is 60.1 Å². The van der Waals surface area contributed by atoms with Gasteiger partial charge in [0.15, 0.2) is 0 Å². The van der Waals surface area contributed by atoms with Crippen LogP contribution in [0.2, 0.25) is 0 Å². The van der Waals surface area contributed by atoms with Gasteiger partial charge in [-0.3, -0.25) is 14.9 Å². The van der Waals surface area contributed by atoms with Crippen molar-refractivity contribution in [2.45, 2.75) is 33.2 Å². The van der Waals surface area contributed by atoms with E-state index in [0.717, 1.165) is 12.1 Å². The standard InChI is InChI=1S/C14H18N2O2.C10H11N/c17-14(15-18)8-7-12-3-5-13(6-4-12)11-16-9-1-2-10-16;1-7-8(2)11-10-6-4-3-5-9(7)10/h3-8,18H,1-2,9-11H2,(H,15,17);3-6,11H,1-2H3/b8-7+;. The van der Waals surface area contributed by atoms with Gasteiger partial charge in [-0.2, -0.15) is 0 Å². The number of fused-ring (bicyclic) bond motifs is 1. The molecule has 3 aromatic rings. The molecule has 5 nitrogen and oxygen atoms in total. The van der Waals surface area contributed by atoms with Crippen molar-refractivity contribution in [2.24, 2.45) is 0 Å². The number of amides is 1. The van der Waals surface area contributed by atoms with E-state index in [1.54, 1.807) is 11.6 Å². The Bertz CT molecular complexity index is 967. The van der Waals surface area contributed by atoms with Gasteiger partial charge < -0.3 is 4.98 Å². The molecular weight excluding hydrogens is 362 g/mol. The van der Waals surface area contributed by atoms with Crippen molar-refractivity contribution >= 4 is 22.9 Å². The Balaban J connectivity index is 0.000000186. The molecule has 29 heavy (non-hydrogen) atoms. The first-order chi connectivity index (χ1) is 14.1. The van der Waals surface area contributed by atoms with Gasteiger partial charge in [0.05, 0.1) is 0 Å². The number of carbonyl (C=O) groups excluding carboxylic acids is 1. The highest BCUT2D eigenvalue weighted by Gasteiger charge is 2.11.